The van der Waals surface area contributed by atoms with E-state index in [2.05, 4.69) is 0 Å². The van der Waals surface area contributed by atoms with Crippen LogP contribution in [0.25, 0.3) is 0 Å². The Morgan fingerprint density at radius 1 is 1.14 bits per heavy atom. The second-order valence-electron chi connectivity index (χ2n) is 6.09. The second-order valence-corrected chi connectivity index (χ2v) is 7.04. The molecule has 7 heteroatoms. The number of carbonyl (C=O) groups excluding carboxylic acids is 2. The largest absolute Gasteiger partial charge is 0.497 e. The fourth-order valence-electron chi connectivity index (χ4n) is 2.96. The maximum absolute atomic E-state index is 14.5. The smallest absolute Gasteiger partial charge is 0.265 e. The topological polar surface area (TPSA) is 72.6 Å². The number of methoxy groups -OCH3 is 1. The van der Waals surface area contributed by atoms with Crippen LogP contribution in [0, 0.1) is 5.82 Å². The van der Waals surface area contributed by atoms with Crippen LogP contribution in [0.5, 0.6) is 5.75 Å². The van der Waals surface area contributed by atoms with E-state index in [0.717, 1.165) is 5.56 Å². The fourth-order valence-corrected chi connectivity index (χ4v) is 3.64. The van der Waals surface area contributed by atoms with E-state index in [0.29, 0.717) is 10.6 Å². The number of thiophene rings is 1. The monoisotopic (exact) mass is 398 g/mol. The highest BCUT2D eigenvalue weighted by atomic mass is 32.1. The molecule has 3 aromatic rings. The minimum Gasteiger partial charge on any atom is -0.497 e. The van der Waals surface area contributed by atoms with Gasteiger partial charge in [0, 0.05) is 12.1 Å². The van der Waals surface area contributed by atoms with Gasteiger partial charge in [-0.25, -0.2) is 4.39 Å². The lowest BCUT2D eigenvalue weighted by molar-refractivity contribution is -0.123. The molecule has 0 aliphatic rings. The van der Waals surface area contributed by atoms with E-state index in [4.69, 9.17) is 10.5 Å². The first-order chi connectivity index (χ1) is 13.5. The second kappa shape index (κ2) is 8.67. The lowest BCUT2D eigenvalue weighted by atomic mass is 10.0. The predicted molar refractivity (Wildman–Crippen MR) is 106 cm³/mol. The normalized spacial score (nSPS) is 11.6. The van der Waals surface area contributed by atoms with Crippen LogP contribution in [0.2, 0.25) is 0 Å². The van der Waals surface area contributed by atoms with Gasteiger partial charge in [-0.1, -0.05) is 36.4 Å². The number of hydrogen-bond acceptors (Lipinski definition) is 4. The summed E-state index contributed by atoms with van der Waals surface area (Å²) in [5.74, 6) is -1.19. The van der Waals surface area contributed by atoms with Crippen molar-refractivity contribution in [2.24, 2.45) is 5.73 Å². The molecule has 0 saturated carbocycles. The van der Waals surface area contributed by atoms with Crippen LogP contribution in [-0.4, -0.2) is 23.8 Å². The third kappa shape index (κ3) is 4.20. The van der Waals surface area contributed by atoms with Crippen molar-refractivity contribution in [3.63, 3.8) is 0 Å². The van der Waals surface area contributed by atoms with Gasteiger partial charge in [0.15, 0.2) is 0 Å². The first-order valence-corrected chi connectivity index (χ1v) is 9.40. The molecule has 0 fully saturated rings. The van der Waals surface area contributed by atoms with E-state index >= 15 is 0 Å². The van der Waals surface area contributed by atoms with E-state index in [-0.39, 0.29) is 12.1 Å². The van der Waals surface area contributed by atoms with Crippen molar-refractivity contribution in [3.8, 4) is 5.75 Å². The standard InChI is InChI=1S/C21H19FN2O3S/c1-27-15-7-4-6-14(12-15)13-24(21(26)18-10-5-11-28-18)19(20(23)25)16-8-2-3-9-17(16)22/h2-12,19H,13H2,1H3,(H2,23,25). The van der Waals surface area contributed by atoms with Gasteiger partial charge >= 0.3 is 0 Å². The highest BCUT2D eigenvalue weighted by Gasteiger charge is 2.33. The Morgan fingerprint density at radius 2 is 1.93 bits per heavy atom. The number of nitrogens with zero attached hydrogens (tertiary/aromatic N) is 1. The van der Waals surface area contributed by atoms with Gasteiger partial charge in [-0.3, -0.25) is 9.59 Å². The summed E-state index contributed by atoms with van der Waals surface area (Å²) in [6.07, 6.45) is 0. The zero-order valence-electron chi connectivity index (χ0n) is 15.2. The van der Waals surface area contributed by atoms with E-state index < -0.39 is 23.7 Å². The lowest BCUT2D eigenvalue weighted by Crippen LogP contribution is -2.41. The van der Waals surface area contributed by atoms with Crippen LogP contribution in [0.1, 0.15) is 26.8 Å². The first kappa shape index (κ1) is 19.6. The number of primary amides is 1. The van der Waals surface area contributed by atoms with Crippen LogP contribution >= 0.6 is 11.3 Å². The van der Waals surface area contributed by atoms with Crippen molar-refractivity contribution < 1.29 is 18.7 Å². The van der Waals surface area contributed by atoms with Gasteiger partial charge in [0.1, 0.15) is 17.6 Å². The minimum atomic E-state index is -1.25. The van der Waals surface area contributed by atoms with E-state index in [1.165, 1.54) is 34.4 Å². The Morgan fingerprint density at radius 3 is 2.57 bits per heavy atom. The fraction of sp³-hybridized carbons (Fsp3) is 0.143. The SMILES string of the molecule is COc1cccc(CN(C(=O)c2cccs2)C(C(N)=O)c2ccccc2F)c1. The number of benzene rings is 2. The Kier molecular flexibility index (Phi) is 6.06. The molecule has 2 amide bonds. The van der Waals surface area contributed by atoms with Gasteiger partial charge in [0.25, 0.3) is 5.91 Å². The van der Waals surface area contributed by atoms with Crippen molar-refractivity contribution in [1.29, 1.82) is 0 Å². The van der Waals surface area contributed by atoms with Gasteiger partial charge in [0.2, 0.25) is 5.91 Å². The molecule has 0 spiro atoms. The average Bonchev–Trinajstić information content (AvgIpc) is 3.23. The molecular formula is C21H19FN2O3S. The number of amides is 2. The summed E-state index contributed by atoms with van der Waals surface area (Å²) in [6.45, 7) is 0.0654. The third-order valence-corrected chi connectivity index (χ3v) is 5.12. The summed E-state index contributed by atoms with van der Waals surface area (Å²) in [6, 6.07) is 15.1. The molecule has 1 atom stereocenters. The van der Waals surface area contributed by atoms with Crippen molar-refractivity contribution >= 4 is 23.2 Å². The quantitative estimate of drug-likeness (QED) is 0.659. The number of nitrogens with two attached hydrogens (primary N) is 1. The number of halogens is 1. The Hall–Kier alpha value is -3.19. The van der Waals surface area contributed by atoms with E-state index in [9.17, 15) is 14.0 Å². The molecule has 28 heavy (non-hydrogen) atoms. The molecule has 1 unspecified atom stereocenters. The number of rotatable bonds is 7. The molecule has 1 heterocycles. The molecule has 0 radical (unpaired) electrons. The number of carbonyl (C=O) groups is 2. The number of ether oxygens (including phenoxy) is 1. The Labute approximate surface area is 166 Å². The molecule has 0 bridgehead atoms. The van der Waals surface area contributed by atoms with Crippen LogP contribution in [0.15, 0.2) is 66.0 Å². The van der Waals surface area contributed by atoms with Gasteiger partial charge in [-0.05, 0) is 35.2 Å². The van der Waals surface area contributed by atoms with Crippen LogP contribution < -0.4 is 10.5 Å². The van der Waals surface area contributed by atoms with Crippen LogP contribution in [-0.2, 0) is 11.3 Å². The molecule has 0 saturated heterocycles. The highest BCUT2D eigenvalue weighted by Crippen LogP contribution is 2.28. The van der Waals surface area contributed by atoms with Gasteiger partial charge in [-0.2, -0.15) is 0 Å². The molecule has 0 aliphatic heterocycles. The van der Waals surface area contributed by atoms with Gasteiger partial charge < -0.3 is 15.4 Å². The maximum atomic E-state index is 14.5. The van der Waals surface area contributed by atoms with Crippen molar-refractivity contribution in [2.45, 2.75) is 12.6 Å². The predicted octanol–water partition coefficient (Wildman–Crippen LogP) is 3.76. The highest BCUT2D eigenvalue weighted by molar-refractivity contribution is 7.12. The molecule has 144 valence electrons. The zero-order chi connectivity index (χ0) is 20.1. The van der Waals surface area contributed by atoms with Gasteiger partial charge in [-0.15, -0.1) is 11.3 Å². The van der Waals surface area contributed by atoms with Gasteiger partial charge in [0.05, 0.1) is 12.0 Å². The lowest BCUT2D eigenvalue weighted by Gasteiger charge is -2.30. The molecule has 5 nitrogen and oxygen atoms in total. The summed E-state index contributed by atoms with van der Waals surface area (Å²) in [5.41, 5.74) is 6.41. The van der Waals surface area contributed by atoms with E-state index in [1.807, 2.05) is 0 Å². The van der Waals surface area contributed by atoms with Crippen molar-refractivity contribution in [1.82, 2.24) is 4.90 Å². The number of hydrogen-bond donors (Lipinski definition) is 1. The van der Waals surface area contributed by atoms with E-state index in [1.54, 1.807) is 55.0 Å². The first-order valence-electron chi connectivity index (χ1n) is 8.52. The molecule has 2 N–H and O–H groups in total. The summed E-state index contributed by atoms with van der Waals surface area (Å²) < 4.78 is 19.7. The van der Waals surface area contributed by atoms with Crippen molar-refractivity contribution in [2.75, 3.05) is 7.11 Å². The summed E-state index contributed by atoms with van der Waals surface area (Å²) >= 11 is 1.24. The Bertz CT molecular complexity index is 975. The molecule has 2 aromatic carbocycles. The minimum absolute atomic E-state index is 0.0582. The molecular weight excluding hydrogens is 379 g/mol. The molecule has 1 aromatic heterocycles. The van der Waals surface area contributed by atoms with Crippen LogP contribution in [0.4, 0.5) is 4.39 Å². The summed E-state index contributed by atoms with van der Waals surface area (Å²) in [5, 5.41) is 1.76. The molecule has 0 aliphatic carbocycles. The average molecular weight is 398 g/mol. The third-order valence-electron chi connectivity index (χ3n) is 4.26. The van der Waals surface area contributed by atoms with Crippen LogP contribution in [0.3, 0.4) is 0 Å². The zero-order valence-corrected chi connectivity index (χ0v) is 16.0. The summed E-state index contributed by atoms with van der Waals surface area (Å²) in [7, 11) is 1.54. The summed E-state index contributed by atoms with van der Waals surface area (Å²) in [4.78, 5) is 27.2. The maximum Gasteiger partial charge on any atom is 0.265 e. The molecule has 3 rings (SSSR count). The van der Waals surface area contributed by atoms with Crippen molar-refractivity contribution in [3.05, 3.63) is 87.9 Å². The Balaban J connectivity index is 2.06.